The number of ether oxygens (including phenoxy) is 1. The Hall–Kier alpha value is -0.570. The van der Waals surface area contributed by atoms with Crippen molar-refractivity contribution in [2.24, 2.45) is 5.92 Å². The van der Waals surface area contributed by atoms with E-state index in [1.807, 2.05) is 18.7 Å². The van der Waals surface area contributed by atoms with Gasteiger partial charge >= 0.3 is 0 Å². The summed E-state index contributed by atoms with van der Waals surface area (Å²) in [6.07, 6.45) is -0.255. The third-order valence-electron chi connectivity index (χ3n) is 2.31. The van der Waals surface area contributed by atoms with Crippen molar-refractivity contribution in [3.63, 3.8) is 0 Å². The van der Waals surface area contributed by atoms with E-state index < -0.39 is 0 Å². The van der Waals surface area contributed by atoms with Gasteiger partial charge in [0.05, 0.1) is 12.6 Å². The van der Waals surface area contributed by atoms with Crippen LogP contribution >= 0.6 is 0 Å². The lowest BCUT2D eigenvalue weighted by Gasteiger charge is -2.37. The Morgan fingerprint density at radius 1 is 1.54 bits per heavy atom. The second-order valence-electron chi connectivity index (χ2n) is 4.21. The molecule has 13 heavy (non-hydrogen) atoms. The van der Waals surface area contributed by atoms with E-state index in [9.17, 15) is 4.79 Å². The Bertz CT molecular complexity index is 191. The average molecular weight is 185 g/mol. The zero-order chi connectivity index (χ0) is 10.0. The van der Waals surface area contributed by atoms with Crippen molar-refractivity contribution in [2.45, 2.75) is 39.8 Å². The van der Waals surface area contributed by atoms with E-state index in [0.717, 1.165) is 6.54 Å². The fourth-order valence-electron chi connectivity index (χ4n) is 1.56. The molecule has 0 aromatic heterocycles. The minimum Gasteiger partial charge on any atom is -0.367 e. The second-order valence-corrected chi connectivity index (χ2v) is 4.21. The van der Waals surface area contributed by atoms with Crippen molar-refractivity contribution in [1.82, 2.24) is 4.90 Å². The Morgan fingerprint density at radius 3 is 2.69 bits per heavy atom. The van der Waals surface area contributed by atoms with Crippen molar-refractivity contribution < 1.29 is 9.53 Å². The number of amides is 1. The highest BCUT2D eigenvalue weighted by molar-refractivity contribution is 5.81. The zero-order valence-corrected chi connectivity index (χ0v) is 8.91. The SMILES string of the molecule is CC(C)CN1C(=O)C(C)OCC1C. The van der Waals surface area contributed by atoms with Gasteiger partial charge in [0.25, 0.3) is 5.91 Å². The molecular formula is C10H19NO2. The summed E-state index contributed by atoms with van der Waals surface area (Å²) in [4.78, 5) is 13.6. The zero-order valence-electron chi connectivity index (χ0n) is 8.91. The number of hydrogen-bond acceptors (Lipinski definition) is 2. The Morgan fingerprint density at radius 2 is 2.15 bits per heavy atom. The summed E-state index contributed by atoms with van der Waals surface area (Å²) in [7, 11) is 0. The average Bonchev–Trinajstić information content (AvgIpc) is 2.05. The molecule has 0 aromatic carbocycles. The number of morpholine rings is 1. The van der Waals surface area contributed by atoms with Crippen LogP contribution in [0.3, 0.4) is 0 Å². The minimum absolute atomic E-state index is 0.132. The highest BCUT2D eigenvalue weighted by Crippen LogP contribution is 2.14. The van der Waals surface area contributed by atoms with Gasteiger partial charge in [-0.2, -0.15) is 0 Å². The predicted octanol–water partition coefficient (Wildman–Crippen LogP) is 1.28. The van der Waals surface area contributed by atoms with Gasteiger partial charge in [-0.1, -0.05) is 13.8 Å². The van der Waals surface area contributed by atoms with Crippen LogP contribution in [-0.4, -0.2) is 36.1 Å². The highest BCUT2D eigenvalue weighted by atomic mass is 16.5. The molecule has 1 fully saturated rings. The van der Waals surface area contributed by atoms with E-state index in [-0.39, 0.29) is 18.1 Å². The first kappa shape index (κ1) is 10.5. The molecule has 1 rings (SSSR count). The summed E-state index contributed by atoms with van der Waals surface area (Å²) in [5.41, 5.74) is 0. The van der Waals surface area contributed by atoms with Crippen molar-refractivity contribution in [3.05, 3.63) is 0 Å². The summed E-state index contributed by atoms with van der Waals surface area (Å²) >= 11 is 0. The smallest absolute Gasteiger partial charge is 0.251 e. The molecule has 1 heterocycles. The van der Waals surface area contributed by atoms with Crippen molar-refractivity contribution in [2.75, 3.05) is 13.2 Å². The number of carbonyl (C=O) groups excluding carboxylic acids is 1. The first-order valence-corrected chi connectivity index (χ1v) is 4.94. The van der Waals surface area contributed by atoms with E-state index in [1.54, 1.807) is 0 Å². The quantitative estimate of drug-likeness (QED) is 0.648. The van der Waals surface area contributed by atoms with Gasteiger partial charge in [-0.3, -0.25) is 4.79 Å². The largest absolute Gasteiger partial charge is 0.367 e. The molecule has 0 saturated carbocycles. The first-order valence-electron chi connectivity index (χ1n) is 4.94. The Labute approximate surface area is 80.1 Å². The fraction of sp³-hybridized carbons (Fsp3) is 0.900. The first-order chi connectivity index (χ1) is 6.02. The van der Waals surface area contributed by atoms with Crippen LogP contribution in [0.15, 0.2) is 0 Å². The fourth-order valence-corrected chi connectivity index (χ4v) is 1.56. The predicted molar refractivity (Wildman–Crippen MR) is 51.4 cm³/mol. The third-order valence-corrected chi connectivity index (χ3v) is 2.31. The van der Waals surface area contributed by atoms with Gasteiger partial charge in [-0.05, 0) is 19.8 Å². The van der Waals surface area contributed by atoms with Crippen LogP contribution in [0.1, 0.15) is 27.7 Å². The number of nitrogens with zero attached hydrogens (tertiary/aromatic N) is 1. The molecule has 3 nitrogen and oxygen atoms in total. The molecule has 0 spiro atoms. The minimum atomic E-state index is -0.255. The third kappa shape index (κ3) is 2.44. The van der Waals surface area contributed by atoms with Crippen LogP contribution in [0.2, 0.25) is 0 Å². The topological polar surface area (TPSA) is 29.5 Å². The van der Waals surface area contributed by atoms with Gasteiger partial charge in [0.1, 0.15) is 6.10 Å². The van der Waals surface area contributed by atoms with Gasteiger partial charge in [0.15, 0.2) is 0 Å². The lowest BCUT2D eigenvalue weighted by Crippen LogP contribution is -2.52. The summed E-state index contributed by atoms with van der Waals surface area (Å²) in [5.74, 6) is 0.657. The lowest BCUT2D eigenvalue weighted by molar-refractivity contribution is -0.157. The van der Waals surface area contributed by atoms with E-state index >= 15 is 0 Å². The van der Waals surface area contributed by atoms with Crippen molar-refractivity contribution >= 4 is 5.91 Å². The maximum absolute atomic E-state index is 11.7. The lowest BCUT2D eigenvalue weighted by atomic mass is 10.1. The molecule has 3 heteroatoms. The van der Waals surface area contributed by atoms with E-state index in [2.05, 4.69) is 13.8 Å². The molecular weight excluding hydrogens is 166 g/mol. The maximum atomic E-state index is 11.7. The molecule has 1 saturated heterocycles. The van der Waals surface area contributed by atoms with Crippen LogP contribution in [0.4, 0.5) is 0 Å². The number of hydrogen-bond donors (Lipinski definition) is 0. The molecule has 2 atom stereocenters. The molecule has 1 aliphatic heterocycles. The second kappa shape index (κ2) is 4.09. The molecule has 0 aromatic rings. The van der Waals surface area contributed by atoms with E-state index in [0.29, 0.717) is 12.5 Å². The molecule has 0 radical (unpaired) electrons. The molecule has 76 valence electrons. The van der Waals surface area contributed by atoms with Gasteiger partial charge in [0, 0.05) is 6.54 Å². The van der Waals surface area contributed by atoms with E-state index in [1.165, 1.54) is 0 Å². The van der Waals surface area contributed by atoms with E-state index in [4.69, 9.17) is 4.74 Å². The normalized spacial score (nSPS) is 29.9. The van der Waals surface area contributed by atoms with Crippen LogP contribution in [-0.2, 0) is 9.53 Å². The van der Waals surface area contributed by atoms with Crippen molar-refractivity contribution in [3.8, 4) is 0 Å². The van der Waals surface area contributed by atoms with Gasteiger partial charge in [-0.25, -0.2) is 0 Å². The maximum Gasteiger partial charge on any atom is 0.251 e. The molecule has 0 bridgehead atoms. The summed E-state index contributed by atoms with van der Waals surface area (Å²) in [6.45, 7) is 9.61. The molecule has 1 aliphatic rings. The monoisotopic (exact) mass is 185 g/mol. The molecule has 2 unspecified atom stereocenters. The van der Waals surface area contributed by atoms with Gasteiger partial charge in [0.2, 0.25) is 0 Å². The van der Waals surface area contributed by atoms with Gasteiger partial charge < -0.3 is 9.64 Å². The van der Waals surface area contributed by atoms with Crippen LogP contribution < -0.4 is 0 Å². The van der Waals surface area contributed by atoms with Crippen molar-refractivity contribution in [1.29, 1.82) is 0 Å². The summed E-state index contributed by atoms with van der Waals surface area (Å²) in [5, 5.41) is 0. The Kier molecular flexibility index (Phi) is 3.31. The number of rotatable bonds is 2. The Balaban J connectivity index is 2.61. The molecule has 0 aliphatic carbocycles. The molecule has 0 N–H and O–H groups in total. The number of carbonyl (C=O) groups is 1. The van der Waals surface area contributed by atoms with Gasteiger partial charge in [-0.15, -0.1) is 0 Å². The van der Waals surface area contributed by atoms with Crippen LogP contribution in [0.25, 0.3) is 0 Å². The van der Waals surface area contributed by atoms with Crippen LogP contribution in [0.5, 0.6) is 0 Å². The van der Waals surface area contributed by atoms with Crippen LogP contribution in [0, 0.1) is 5.92 Å². The standard InChI is InChI=1S/C10H19NO2/c1-7(2)5-11-8(3)6-13-9(4)10(11)12/h7-9H,5-6H2,1-4H3. The summed E-state index contributed by atoms with van der Waals surface area (Å²) < 4.78 is 5.32. The summed E-state index contributed by atoms with van der Waals surface area (Å²) in [6, 6.07) is 0.228. The highest BCUT2D eigenvalue weighted by Gasteiger charge is 2.30. The molecule has 1 amide bonds.